The van der Waals surface area contributed by atoms with Crippen LogP contribution < -0.4 is 16.1 Å². The Morgan fingerprint density at radius 2 is 2.00 bits per heavy atom. The average molecular weight is 419 g/mol. The van der Waals surface area contributed by atoms with Crippen LogP contribution in [0.1, 0.15) is 17.5 Å². The van der Waals surface area contributed by atoms with Gasteiger partial charge in [-0.15, -0.1) is 0 Å². The number of phenolic OH excluding ortho intramolecular Hbond substituents is 1. The van der Waals surface area contributed by atoms with Gasteiger partial charge in [0.1, 0.15) is 11.8 Å². The first-order valence-corrected chi connectivity index (χ1v) is 8.65. The fourth-order valence-corrected chi connectivity index (χ4v) is 2.56. The maximum Gasteiger partial charge on any atom is 0.416 e. The molecule has 11 heteroatoms. The highest BCUT2D eigenvalue weighted by Crippen LogP contribution is 2.30. The van der Waals surface area contributed by atoms with Gasteiger partial charge in [-0.05, 0) is 30.3 Å². The lowest BCUT2D eigenvalue weighted by Crippen LogP contribution is -2.35. The number of nitrogens with one attached hydrogen (secondary N) is 3. The number of aliphatic imine (C=N–C) groups is 1. The second-order valence-corrected chi connectivity index (χ2v) is 6.24. The molecule has 0 bridgehead atoms. The number of guanidine groups is 1. The molecule has 1 heterocycles. The predicted octanol–water partition coefficient (Wildman–Crippen LogP) is 2.22. The summed E-state index contributed by atoms with van der Waals surface area (Å²) in [5, 5.41) is 18.2. The number of phenols is 1. The molecule has 0 spiro atoms. The molecule has 2 aromatic rings. The van der Waals surface area contributed by atoms with Crippen LogP contribution in [-0.2, 0) is 15.8 Å². The maximum atomic E-state index is 12.7. The summed E-state index contributed by atoms with van der Waals surface area (Å²) in [6.45, 7) is 0. The van der Waals surface area contributed by atoms with E-state index in [1.165, 1.54) is 24.4 Å². The highest BCUT2D eigenvalue weighted by atomic mass is 19.4. The number of hydrazone groups is 1. The van der Waals surface area contributed by atoms with E-state index >= 15 is 0 Å². The molecule has 0 saturated carbocycles. The molecule has 0 aliphatic carbocycles. The number of alkyl halides is 3. The van der Waals surface area contributed by atoms with E-state index in [0.29, 0.717) is 5.56 Å². The number of anilines is 1. The Labute approximate surface area is 168 Å². The van der Waals surface area contributed by atoms with Gasteiger partial charge in [0.25, 0.3) is 5.91 Å². The van der Waals surface area contributed by atoms with Crippen LogP contribution >= 0.6 is 0 Å². The van der Waals surface area contributed by atoms with Crippen LogP contribution in [0, 0.1) is 0 Å². The fourth-order valence-electron chi connectivity index (χ4n) is 2.56. The van der Waals surface area contributed by atoms with Gasteiger partial charge in [-0.2, -0.15) is 18.3 Å². The third-order valence-electron chi connectivity index (χ3n) is 3.99. The van der Waals surface area contributed by atoms with Crippen LogP contribution in [-0.4, -0.2) is 35.1 Å². The van der Waals surface area contributed by atoms with Crippen molar-refractivity contribution in [2.75, 3.05) is 5.32 Å². The van der Waals surface area contributed by atoms with E-state index in [9.17, 15) is 27.9 Å². The SMILES string of the molecule is O=C(CC1N=C(N/N=C/c2ccccc2O)NC1=O)Nc1cccc(C(F)(F)F)c1. The topological polar surface area (TPSA) is 115 Å². The Morgan fingerprint density at radius 3 is 2.73 bits per heavy atom. The molecule has 156 valence electrons. The van der Waals surface area contributed by atoms with Gasteiger partial charge in [0.05, 0.1) is 18.2 Å². The Hall–Kier alpha value is -3.89. The Kier molecular flexibility index (Phi) is 6.00. The summed E-state index contributed by atoms with van der Waals surface area (Å²) in [6, 6.07) is 9.57. The average Bonchev–Trinajstić information content (AvgIpc) is 3.02. The standard InChI is InChI=1S/C19H16F3N5O3/c20-19(21,22)12-5-3-6-13(8-12)24-16(29)9-14-17(30)26-18(25-14)27-23-10-11-4-1-2-7-15(11)28/h1-8,10,14,28H,9H2,(H,24,29)(H2,25,26,27,30)/b23-10+. The summed E-state index contributed by atoms with van der Waals surface area (Å²) < 4.78 is 38.2. The minimum absolute atomic E-state index is 0.00328. The van der Waals surface area contributed by atoms with E-state index in [1.807, 2.05) is 0 Å². The number of hydrogen-bond donors (Lipinski definition) is 4. The number of aromatic hydroxyl groups is 1. The van der Waals surface area contributed by atoms with Gasteiger partial charge in [-0.25, -0.2) is 10.4 Å². The lowest BCUT2D eigenvalue weighted by molar-refractivity contribution is -0.137. The Morgan fingerprint density at radius 1 is 1.23 bits per heavy atom. The zero-order valence-corrected chi connectivity index (χ0v) is 15.3. The Bertz CT molecular complexity index is 1020. The molecule has 30 heavy (non-hydrogen) atoms. The van der Waals surface area contributed by atoms with E-state index in [0.717, 1.165) is 12.1 Å². The molecule has 1 aliphatic heterocycles. The Balaban J connectivity index is 1.57. The number of para-hydroxylation sites is 1. The van der Waals surface area contributed by atoms with Crippen molar-refractivity contribution >= 4 is 29.7 Å². The molecular weight excluding hydrogens is 403 g/mol. The fraction of sp³-hybridized carbons (Fsp3) is 0.158. The van der Waals surface area contributed by atoms with E-state index in [4.69, 9.17) is 0 Å². The van der Waals surface area contributed by atoms with Crippen molar-refractivity contribution in [3.63, 3.8) is 0 Å². The van der Waals surface area contributed by atoms with Gasteiger partial charge in [0.2, 0.25) is 11.9 Å². The largest absolute Gasteiger partial charge is 0.507 e. The smallest absolute Gasteiger partial charge is 0.416 e. The summed E-state index contributed by atoms with van der Waals surface area (Å²) in [6.07, 6.45) is -3.58. The number of carbonyl (C=O) groups excluding carboxylic acids is 2. The van der Waals surface area contributed by atoms with Crippen LogP contribution in [0.4, 0.5) is 18.9 Å². The second-order valence-electron chi connectivity index (χ2n) is 6.24. The molecule has 0 fully saturated rings. The van der Waals surface area contributed by atoms with Gasteiger partial charge in [0.15, 0.2) is 0 Å². The van der Waals surface area contributed by atoms with E-state index in [1.54, 1.807) is 18.2 Å². The molecule has 8 nitrogen and oxygen atoms in total. The highest BCUT2D eigenvalue weighted by Gasteiger charge is 2.31. The van der Waals surface area contributed by atoms with Crippen molar-refractivity contribution in [3.8, 4) is 5.75 Å². The molecule has 1 aliphatic rings. The molecule has 4 N–H and O–H groups in total. The second kappa shape index (κ2) is 8.64. The molecule has 0 saturated heterocycles. The zero-order valence-electron chi connectivity index (χ0n) is 15.3. The van der Waals surface area contributed by atoms with E-state index in [2.05, 4.69) is 26.2 Å². The predicted molar refractivity (Wildman–Crippen MR) is 103 cm³/mol. The third kappa shape index (κ3) is 5.34. The van der Waals surface area contributed by atoms with E-state index in [-0.39, 0.29) is 23.8 Å². The first-order valence-electron chi connectivity index (χ1n) is 8.65. The van der Waals surface area contributed by atoms with Crippen molar-refractivity contribution in [3.05, 3.63) is 59.7 Å². The number of benzene rings is 2. The van der Waals surface area contributed by atoms with Crippen molar-refractivity contribution in [2.24, 2.45) is 10.1 Å². The minimum atomic E-state index is -4.53. The first kappa shape index (κ1) is 20.8. The number of rotatable bonds is 5. The van der Waals surface area contributed by atoms with Gasteiger partial charge < -0.3 is 10.4 Å². The van der Waals surface area contributed by atoms with Crippen LogP contribution in [0.25, 0.3) is 0 Å². The molecular formula is C19H16F3N5O3. The zero-order chi connectivity index (χ0) is 21.7. The van der Waals surface area contributed by atoms with Crippen LogP contribution in [0.15, 0.2) is 58.6 Å². The molecule has 3 rings (SSSR count). The van der Waals surface area contributed by atoms with Gasteiger partial charge >= 0.3 is 6.18 Å². The van der Waals surface area contributed by atoms with E-state index < -0.39 is 29.6 Å². The van der Waals surface area contributed by atoms with Crippen molar-refractivity contribution < 1.29 is 27.9 Å². The summed E-state index contributed by atoms with van der Waals surface area (Å²) in [4.78, 5) is 28.0. The quantitative estimate of drug-likeness (QED) is 0.439. The summed E-state index contributed by atoms with van der Waals surface area (Å²) >= 11 is 0. The number of amides is 2. The lowest BCUT2D eigenvalue weighted by atomic mass is 10.1. The van der Waals surface area contributed by atoms with Crippen molar-refractivity contribution in [2.45, 2.75) is 18.6 Å². The highest BCUT2D eigenvalue weighted by molar-refractivity contribution is 6.07. The van der Waals surface area contributed by atoms with Crippen LogP contribution in [0.3, 0.4) is 0 Å². The molecule has 0 radical (unpaired) electrons. The minimum Gasteiger partial charge on any atom is -0.507 e. The molecule has 0 aromatic heterocycles. The van der Waals surface area contributed by atoms with Gasteiger partial charge in [-0.1, -0.05) is 18.2 Å². The number of halogens is 3. The van der Waals surface area contributed by atoms with Gasteiger partial charge in [0, 0.05) is 11.3 Å². The van der Waals surface area contributed by atoms with Crippen LogP contribution in [0.5, 0.6) is 5.75 Å². The first-order chi connectivity index (χ1) is 14.2. The summed E-state index contributed by atoms with van der Waals surface area (Å²) in [5.74, 6) is -1.21. The molecule has 1 unspecified atom stereocenters. The molecule has 1 atom stereocenters. The summed E-state index contributed by atoms with van der Waals surface area (Å²) in [5.41, 5.74) is 1.98. The lowest BCUT2D eigenvalue weighted by Gasteiger charge is -2.10. The molecule has 2 aromatic carbocycles. The number of nitrogens with zero attached hydrogens (tertiary/aromatic N) is 2. The monoisotopic (exact) mass is 419 g/mol. The maximum absolute atomic E-state index is 12.7. The molecule has 2 amide bonds. The number of carbonyl (C=O) groups is 2. The normalized spacial score (nSPS) is 16.3. The third-order valence-corrected chi connectivity index (χ3v) is 3.99. The van der Waals surface area contributed by atoms with Crippen molar-refractivity contribution in [1.82, 2.24) is 10.7 Å². The number of hydrogen-bond acceptors (Lipinski definition) is 6. The van der Waals surface area contributed by atoms with Crippen LogP contribution in [0.2, 0.25) is 0 Å². The summed E-state index contributed by atoms with van der Waals surface area (Å²) in [7, 11) is 0. The van der Waals surface area contributed by atoms with Gasteiger partial charge in [-0.3, -0.25) is 14.9 Å². The van der Waals surface area contributed by atoms with Crippen molar-refractivity contribution in [1.29, 1.82) is 0 Å².